The summed E-state index contributed by atoms with van der Waals surface area (Å²) in [5.74, 6) is -0.0196. The molecule has 0 fully saturated rings. The maximum atomic E-state index is 11.8. The zero-order chi connectivity index (χ0) is 20.7. The van der Waals surface area contributed by atoms with Crippen molar-refractivity contribution in [2.45, 2.75) is 136 Å². The summed E-state index contributed by atoms with van der Waals surface area (Å²) in [6, 6.07) is 0. The normalized spacial score (nSPS) is 12.4. The molecule has 0 heterocycles. The van der Waals surface area contributed by atoms with Crippen LogP contribution in [0.15, 0.2) is 24.8 Å². The van der Waals surface area contributed by atoms with Gasteiger partial charge in [0, 0.05) is 6.42 Å². The molecule has 0 rings (SSSR count). The van der Waals surface area contributed by atoms with E-state index in [1.807, 2.05) is 13.0 Å². The highest BCUT2D eigenvalue weighted by Crippen LogP contribution is 2.12. The fourth-order valence-corrected chi connectivity index (χ4v) is 3.40. The molecule has 164 valence electrons. The first-order valence-electron chi connectivity index (χ1n) is 12.2. The number of esters is 1. The minimum absolute atomic E-state index is 0.0196. The average molecular weight is 393 g/mol. The molecule has 2 nitrogen and oxygen atoms in total. The molecule has 0 bridgehead atoms. The van der Waals surface area contributed by atoms with Gasteiger partial charge in [0.2, 0.25) is 0 Å². The Morgan fingerprint density at radius 2 is 1.32 bits per heavy atom. The van der Waals surface area contributed by atoms with Gasteiger partial charge in [0.1, 0.15) is 0 Å². The van der Waals surface area contributed by atoms with E-state index in [0.29, 0.717) is 6.42 Å². The van der Waals surface area contributed by atoms with Gasteiger partial charge in [-0.15, -0.1) is 6.58 Å². The van der Waals surface area contributed by atoms with E-state index < -0.39 is 0 Å². The lowest BCUT2D eigenvalue weighted by atomic mass is 10.1. The number of hydrogen-bond donors (Lipinski definition) is 0. The maximum Gasteiger partial charge on any atom is 0.306 e. The zero-order valence-electron chi connectivity index (χ0n) is 19.1. The molecule has 1 unspecified atom stereocenters. The van der Waals surface area contributed by atoms with E-state index in [9.17, 15) is 4.79 Å². The molecule has 0 radical (unpaired) electrons. The fourth-order valence-electron chi connectivity index (χ4n) is 3.40. The molecule has 28 heavy (non-hydrogen) atoms. The van der Waals surface area contributed by atoms with Crippen molar-refractivity contribution < 1.29 is 9.53 Å². The van der Waals surface area contributed by atoms with Gasteiger partial charge in [-0.1, -0.05) is 76.5 Å². The number of ether oxygens (including phenoxy) is 1. The maximum absolute atomic E-state index is 11.8. The van der Waals surface area contributed by atoms with Crippen LogP contribution in [-0.4, -0.2) is 12.1 Å². The van der Waals surface area contributed by atoms with Crippen LogP contribution in [0.3, 0.4) is 0 Å². The second kappa shape index (κ2) is 22.2. The predicted octanol–water partition coefficient (Wildman–Crippen LogP) is 8.70. The van der Waals surface area contributed by atoms with Crippen LogP contribution in [-0.2, 0) is 9.53 Å². The van der Waals surface area contributed by atoms with Crippen molar-refractivity contribution in [3.63, 3.8) is 0 Å². The molecular weight excluding hydrogens is 344 g/mol. The van der Waals surface area contributed by atoms with Crippen LogP contribution < -0.4 is 0 Å². The number of carbonyl (C=O) groups is 1. The first-order valence-corrected chi connectivity index (χ1v) is 12.2. The zero-order valence-corrected chi connectivity index (χ0v) is 19.1. The Kier molecular flexibility index (Phi) is 21.4. The molecular formula is C26H48O2. The van der Waals surface area contributed by atoms with Crippen LogP contribution in [0.25, 0.3) is 0 Å². The van der Waals surface area contributed by atoms with Crippen molar-refractivity contribution in [2.75, 3.05) is 0 Å². The summed E-state index contributed by atoms with van der Waals surface area (Å²) in [6.45, 7) is 8.00. The molecule has 0 saturated carbocycles. The monoisotopic (exact) mass is 392 g/mol. The highest BCUT2D eigenvalue weighted by Gasteiger charge is 2.08. The standard InChI is InChI=1S/C26H48O2/c1-4-6-8-10-11-12-13-14-15-16-17-18-19-20-22-24-26(27)28-25(3)23-21-9-7-5-2/h5,14-15,25H,2,4,6-13,16-24H2,1,3H3/b15-14-. The molecule has 0 saturated heterocycles. The Morgan fingerprint density at radius 1 is 0.786 bits per heavy atom. The van der Waals surface area contributed by atoms with Gasteiger partial charge in [-0.25, -0.2) is 0 Å². The molecule has 0 aromatic heterocycles. The van der Waals surface area contributed by atoms with E-state index in [-0.39, 0.29) is 12.1 Å². The van der Waals surface area contributed by atoms with Crippen molar-refractivity contribution in [3.05, 3.63) is 24.8 Å². The summed E-state index contributed by atoms with van der Waals surface area (Å²) < 4.78 is 5.48. The number of allylic oxidation sites excluding steroid dienone is 3. The highest BCUT2D eigenvalue weighted by molar-refractivity contribution is 5.69. The molecule has 1 atom stereocenters. The quantitative estimate of drug-likeness (QED) is 0.111. The molecule has 0 aromatic carbocycles. The number of unbranched alkanes of at least 4 members (excludes halogenated alkanes) is 13. The van der Waals surface area contributed by atoms with Crippen LogP contribution in [0.5, 0.6) is 0 Å². The third-order valence-corrected chi connectivity index (χ3v) is 5.24. The highest BCUT2D eigenvalue weighted by atomic mass is 16.5. The molecule has 0 aliphatic carbocycles. The Balaban J connectivity index is 3.32. The largest absolute Gasteiger partial charge is 0.463 e. The molecule has 0 aromatic rings. The van der Waals surface area contributed by atoms with Crippen molar-refractivity contribution in [2.24, 2.45) is 0 Å². The van der Waals surface area contributed by atoms with Gasteiger partial charge in [0.25, 0.3) is 0 Å². The molecule has 0 N–H and O–H groups in total. The molecule has 0 amide bonds. The SMILES string of the molecule is C=CCCCCC(C)OC(=O)CCCCCCC/C=C\CCCCCCCC. The van der Waals surface area contributed by atoms with Crippen LogP contribution in [0.2, 0.25) is 0 Å². The Hall–Kier alpha value is -1.05. The smallest absolute Gasteiger partial charge is 0.306 e. The molecule has 0 aliphatic heterocycles. The number of hydrogen-bond acceptors (Lipinski definition) is 2. The first-order chi connectivity index (χ1) is 13.7. The van der Waals surface area contributed by atoms with Crippen molar-refractivity contribution in [1.82, 2.24) is 0 Å². The van der Waals surface area contributed by atoms with Crippen molar-refractivity contribution >= 4 is 5.97 Å². The van der Waals surface area contributed by atoms with Gasteiger partial charge in [-0.05, 0) is 64.7 Å². The minimum atomic E-state index is -0.0196. The van der Waals surface area contributed by atoms with Gasteiger partial charge >= 0.3 is 5.97 Å². The van der Waals surface area contributed by atoms with Gasteiger partial charge < -0.3 is 4.74 Å². The van der Waals surface area contributed by atoms with Crippen LogP contribution in [0, 0.1) is 0 Å². The van der Waals surface area contributed by atoms with E-state index in [1.54, 1.807) is 0 Å². The summed E-state index contributed by atoms with van der Waals surface area (Å²) in [6.07, 6.45) is 28.2. The van der Waals surface area contributed by atoms with Crippen molar-refractivity contribution in [1.29, 1.82) is 0 Å². The average Bonchev–Trinajstić information content (AvgIpc) is 2.68. The van der Waals surface area contributed by atoms with E-state index in [2.05, 4.69) is 25.7 Å². The first kappa shape index (κ1) is 27.0. The van der Waals surface area contributed by atoms with Crippen molar-refractivity contribution in [3.8, 4) is 0 Å². The lowest BCUT2D eigenvalue weighted by Crippen LogP contribution is -2.14. The summed E-state index contributed by atoms with van der Waals surface area (Å²) in [5.41, 5.74) is 0. The van der Waals surface area contributed by atoms with E-state index in [0.717, 1.165) is 38.5 Å². The molecule has 0 spiro atoms. The van der Waals surface area contributed by atoms with Crippen LogP contribution >= 0.6 is 0 Å². The predicted molar refractivity (Wildman–Crippen MR) is 124 cm³/mol. The Bertz CT molecular complexity index is 373. The number of carbonyl (C=O) groups excluding carboxylic acids is 1. The van der Waals surface area contributed by atoms with Gasteiger partial charge in [0.15, 0.2) is 0 Å². The van der Waals surface area contributed by atoms with E-state index in [1.165, 1.54) is 70.6 Å². The van der Waals surface area contributed by atoms with E-state index in [4.69, 9.17) is 4.74 Å². The summed E-state index contributed by atoms with van der Waals surface area (Å²) in [5, 5.41) is 0. The van der Waals surface area contributed by atoms with E-state index >= 15 is 0 Å². The van der Waals surface area contributed by atoms with Gasteiger partial charge in [-0.2, -0.15) is 0 Å². The number of rotatable bonds is 21. The minimum Gasteiger partial charge on any atom is -0.463 e. The summed E-state index contributed by atoms with van der Waals surface area (Å²) in [7, 11) is 0. The summed E-state index contributed by atoms with van der Waals surface area (Å²) >= 11 is 0. The second-order valence-corrected chi connectivity index (χ2v) is 8.21. The lowest BCUT2D eigenvalue weighted by Gasteiger charge is -2.12. The molecule has 2 heteroatoms. The topological polar surface area (TPSA) is 26.3 Å². The Morgan fingerprint density at radius 3 is 1.93 bits per heavy atom. The summed E-state index contributed by atoms with van der Waals surface area (Å²) in [4.78, 5) is 11.8. The second-order valence-electron chi connectivity index (χ2n) is 8.21. The third-order valence-electron chi connectivity index (χ3n) is 5.24. The van der Waals surface area contributed by atoms with Gasteiger partial charge in [-0.3, -0.25) is 4.79 Å². The molecule has 0 aliphatic rings. The van der Waals surface area contributed by atoms with Gasteiger partial charge in [0.05, 0.1) is 6.10 Å². The fraction of sp³-hybridized carbons (Fsp3) is 0.808. The van der Waals surface area contributed by atoms with Crippen LogP contribution in [0.1, 0.15) is 129 Å². The Labute approximate surface area is 176 Å². The lowest BCUT2D eigenvalue weighted by molar-refractivity contribution is -0.148. The third kappa shape index (κ3) is 21.3. The van der Waals surface area contributed by atoms with Crippen LogP contribution in [0.4, 0.5) is 0 Å².